The fourth-order valence-electron chi connectivity index (χ4n) is 2.94. The van der Waals surface area contributed by atoms with E-state index in [-0.39, 0.29) is 6.61 Å². The molecule has 1 amide bonds. The summed E-state index contributed by atoms with van der Waals surface area (Å²) in [5.74, 6) is 0.442. The minimum Gasteiger partial charge on any atom is -0.464 e. The number of amides is 1. The smallest absolute Gasteiger partial charge is 0.415 e. The molecular formula is C22H25NO4. The van der Waals surface area contributed by atoms with Crippen molar-refractivity contribution in [1.29, 1.82) is 0 Å². The normalized spacial score (nSPS) is 11.6. The molecule has 3 rings (SSSR count). The van der Waals surface area contributed by atoms with Crippen LogP contribution in [0.1, 0.15) is 31.9 Å². The summed E-state index contributed by atoms with van der Waals surface area (Å²) in [5.41, 5.74) is 2.11. The van der Waals surface area contributed by atoms with E-state index in [1.165, 1.54) is 0 Å². The van der Waals surface area contributed by atoms with Gasteiger partial charge in [-0.3, -0.25) is 4.90 Å². The molecule has 27 heavy (non-hydrogen) atoms. The van der Waals surface area contributed by atoms with E-state index in [0.717, 1.165) is 16.5 Å². The van der Waals surface area contributed by atoms with Crippen LogP contribution in [0.3, 0.4) is 0 Å². The Morgan fingerprint density at radius 2 is 1.85 bits per heavy atom. The molecule has 5 nitrogen and oxygen atoms in total. The van der Waals surface area contributed by atoms with Gasteiger partial charge in [-0.25, -0.2) is 4.79 Å². The lowest BCUT2D eigenvalue weighted by molar-refractivity contribution is 0.102. The van der Waals surface area contributed by atoms with Crippen LogP contribution in [-0.4, -0.2) is 28.2 Å². The Balaban J connectivity index is 1.89. The summed E-state index contributed by atoms with van der Waals surface area (Å²) in [6.07, 6.45) is 1.61. The number of hydrogen-bond acceptors (Lipinski definition) is 4. The molecule has 1 N–H and O–H groups in total. The molecule has 0 bridgehead atoms. The number of fused-ring (bicyclic) bond motifs is 1. The zero-order chi connectivity index (χ0) is 19.4. The van der Waals surface area contributed by atoms with Crippen LogP contribution in [-0.2, 0) is 13.0 Å². The zero-order valence-electron chi connectivity index (χ0n) is 15.9. The molecular weight excluding hydrogens is 342 g/mol. The average molecular weight is 367 g/mol. The molecule has 142 valence electrons. The van der Waals surface area contributed by atoms with Crippen molar-refractivity contribution in [2.75, 3.05) is 6.61 Å². The summed E-state index contributed by atoms with van der Waals surface area (Å²) in [4.78, 5) is 14.7. The Morgan fingerprint density at radius 1 is 1.11 bits per heavy atom. The summed E-state index contributed by atoms with van der Waals surface area (Å²) in [7, 11) is 0. The first-order chi connectivity index (χ1) is 12.9. The van der Waals surface area contributed by atoms with Gasteiger partial charge in [-0.15, -0.1) is 0 Å². The van der Waals surface area contributed by atoms with Gasteiger partial charge in [0.1, 0.15) is 11.3 Å². The van der Waals surface area contributed by atoms with E-state index in [1.54, 1.807) is 23.3 Å². The second-order valence-electron chi connectivity index (χ2n) is 7.51. The molecule has 1 heterocycles. The number of aliphatic hydroxyl groups is 1. The van der Waals surface area contributed by atoms with Crippen LogP contribution in [0.5, 0.6) is 5.75 Å². The quantitative estimate of drug-likeness (QED) is 0.706. The third-order valence-corrected chi connectivity index (χ3v) is 4.41. The van der Waals surface area contributed by atoms with Gasteiger partial charge in [0, 0.05) is 18.7 Å². The predicted molar refractivity (Wildman–Crippen MR) is 105 cm³/mol. The number of rotatable bonds is 5. The van der Waals surface area contributed by atoms with E-state index >= 15 is 0 Å². The van der Waals surface area contributed by atoms with Gasteiger partial charge in [-0.05, 0) is 56.5 Å². The zero-order valence-corrected chi connectivity index (χ0v) is 15.9. The Bertz CT molecular complexity index is 909. The average Bonchev–Trinajstić information content (AvgIpc) is 3.08. The predicted octanol–water partition coefficient (Wildman–Crippen LogP) is 4.77. The molecule has 1 aromatic heterocycles. The molecule has 0 fully saturated rings. The van der Waals surface area contributed by atoms with Gasteiger partial charge in [0.25, 0.3) is 0 Å². The lowest BCUT2D eigenvalue weighted by Gasteiger charge is -2.34. The van der Waals surface area contributed by atoms with Crippen molar-refractivity contribution in [2.45, 2.75) is 39.3 Å². The van der Waals surface area contributed by atoms with Crippen LogP contribution >= 0.6 is 0 Å². The lowest BCUT2D eigenvalue weighted by atomic mass is 10.1. The van der Waals surface area contributed by atoms with Crippen molar-refractivity contribution in [3.63, 3.8) is 0 Å². The monoisotopic (exact) mass is 367 g/mol. The maximum Gasteiger partial charge on any atom is 0.415 e. The van der Waals surface area contributed by atoms with Crippen molar-refractivity contribution in [1.82, 2.24) is 4.90 Å². The molecule has 0 radical (unpaired) electrons. The van der Waals surface area contributed by atoms with E-state index in [9.17, 15) is 9.90 Å². The van der Waals surface area contributed by atoms with Crippen LogP contribution in [0, 0.1) is 0 Å². The van der Waals surface area contributed by atoms with Crippen molar-refractivity contribution >= 4 is 17.1 Å². The van der Waals surface area contributed by atoms with E-state index in [0.29, 0.717) is 24.3 Å². The maximum atomic E-state index is 13.0. The second-order valence-corrected chi connectivity index (χ2v) is 7.51. The van der Waals surface area contributed by atoms with Crippen molar-refractivity contribution < 1.29 is 19.1 Å². The summed E-state index contributed by atoms with van der Waals surface area (Å²) in [6.45, 7) is 6.40. The molecule has 0 spiro atoms. The van der Waals surface area contributed by atoms with Crippen LogP contribution in [0.2, 0.25) is 0 Å². The third kappa shape index (κ3) is 4.49. The topological polar surface area (TPSA) is 62.9 Å². The molecule has 0 aliphatic heterocycles. The highest BCUT2D eigenvalue weighted by atomic mass is 16.6. The summed E-state index contributed by atoms with van der Waals surface area (Å²) < 4.78 is 11.2. The highest BCUT2D eigenvalue weighted by Gasteiger charge is 2.29. The van der Waals surface area contributed by atoms with Gasteiger partial charge in [-0.1, -0.05) is 30.3 Å². The largest absolute Gasteiger partial charge is 0.464 e. The Kier molecular flexibility index (Phi) is 5.51. The fourth-order valence-corrected chi connectivity index (χ4v) is 2.94. The van der Waals surface area contributed by atoms with Crippen LogP contribution in [0.15, 0.2) is 59.2 Å². The van der Waals surface area contributed by atoms with E-state index < -0.39 is 11.6 Å². The fraction of sp³-hybridized carbons (Fsp3) is 0.318. The first kappa shape index (κ1) is 19.0. The molecule has 0 unspecified atom stereocenters. The van der Waals surface area contributed by atoms with Gasteiger partial charge in [0.2, 0.25) is 0 Å². The highest BCUT2D eigenvalue weighted by molar-refractivity contribution is 5.87. The third-order valence-electron chi connectivity index (χ3n) is 4.41. The van der Waals surface area contributed by atoms with Gasteiger partial charge in [0.15, 0.2) is 0 Å². The number of carbonyl (C=O) groups is 1. The first-order valence-electron chi connectivity index (χ1n) is 9.03. The number of ether oxygens (including phenoxy) is 1. The second kappa shape index (κ2) is 7.84. The van der Waals surface area contributed by atoms with E-state index in [4.69, 9.17) is 9.15 Å². The Hall–Kier alpha value is -2.79. The summed E-state index contributed by atoms with van der Waals surface area (Å²) in [5, 5.41) is 9.96. The molecule has 5 heteroatoms. The molecule has 0 saturated heterocycles. The van der Waals surface area contributed by atoms with Crippen LogP contribution in [0.4, 0.5) is 4.79 Å². The van der Waals surface area contributed by atoms with Gasteiger partial charge in [0.05, 0.1) is 11.6 Å². The Labute approximate surface area is 159 Å². The molecule has 2 aromatic carbocycles. The molecule has 0 aliphatic carbocycles. The van der Waals surface area contributed by atoms with E-state index in [1.807, 2.05) is 57.2 Å². The van der Waals surface area contributed by atoms with Crippen molar-refractivity contribution in [3.8, 4) is 5.75 Å². The number of aliphatic hydroxyl groups excluding tert-OH is 1. The highest BCUT2D eigenvalue weighted by Crippen LogP contribution is 2.30. The van der Waals surface area contributed by atoms with Crippen LogP contribution in [0.25, 0.3) is 11.0 Å². The van der Waals surface area contributed by atoms with Gasteiger partial charge in [-0.2, -0.15) is 0 Å². The van der Waals surface area contributed by atoms with Gasteiger partial charge >= 0.3 is 6.09 Å². The minimum absolute atomic E-state index is 0.0156. The van der Waals surface area contributed by atoms with Crippen molar-refractivity contribution in [2.24, 2.45) is 0 Å². The van der Waals surface area contributed by atoms with Gasteiger partial charge < -0.3 is 14.3 Å². The maximum absolute atomic E-state index is 13.0. The molecule has 0 atom stereocenters. The minimum atomic E-state index is -0.421. The molecule has 0 aliphatic rings. The number of carbonyl (C=O) groups excluding carboxylic acids is 1. The van der Waals surface area contributed by atoms with E-state index in [2.05, 4.69) is 0 Å². The first-order valence-corrected chi connectivity index (χ1v) is 9.03. The summed E-state index contributed by atoms with van der Waals surface area (Å²) >= 11 is 0. The molecule has 0 saturated carbocycles. The van der Waals surface area contributed by atoms with Crippen molar-refractivity contribution in [3.05, 3.63) is 65.9 Å². The standard InChI is InChI=1S/C22H25NO4/c1-22(2,3)23(15-16-7-5-4-6-8-16)21(25)27-20-14-17(9-11-24)13-19-18(20)10-12-26-19/h4-8,10,12-14,24H,9,11,15H2,1-3H3. The SMILES string of the molecule is CC(C)(C)N(Cc1ccccc1)C(=O)Oc1cc(CCO)cc2occc12. The Morgan fingerprint density at radius 3 is 2.52 bits per heavy atom. The number of benzene rings is 2. The van der Waals surface area contributed by atoms with Crippen LogP contribution < -0.4 is 4.74 Å². The number of hydrogen-bond donors (Lipinski definition) is 1. The number of furan rings is 1. The lowest BCUT2D eigenvalue weighted by Crippen LogP contribution is -2.46. The summed E-state index contributed by atoms with van der Waals surface area (Å²) in [6, 6.07) is 15.3. The number of nitrogens with zero attached hydrogens (tertiary/aromatic N) is 1. The molecule has 3 aromatic rings.